The molecule has 0 saturated heterocycles. The van der Waals surface area contributed by atoms with Crippen LogP contribution in [0, 0.1) is 0 Å². The van der Waals surface area contributed by atoms with Gasteiger partial charge in [0.05, 0.1) is 9.90 Å². The lowest BCUT2D eigenvalue weighted by Gasteiger charge is -2.06. The number of anilines is 1. The molecule has 0 unspecified atom stereocenters. The van der Waals surface area contributed by atoms with E-state index in [-0.39, 0.29) is 11.5 Å². The van der Waals surface area contributed by atoms with Crippen molar-refractivity contribution in [2.24, 2.45) is 0 Å². The molecule has 0 aromatic carbocycles. The van der Waals surface area contributed by atoms with E-state index in [4.69, 9.17) is 23.2 Å². The fraction of sp³-hybridized carbons (Fsp3) is 0.250. The molecule has 2 aromatic heterocycles. The molecule has 5 nitrogen and oxygen atoms in total. The first-order valence-corrected chi connectivity index (χ1v) is 7.43. The SMILES string of the molecule is CCCn1nc(NC(=O)c2cc(Cl)c(Cl)s2)ccc1=O. The van der Waals surface area contributed by atoms with Crippen molar-refractivity contribution < 1.29 is 4.79 Å². The lowest BCUT2D eigenvalue weighted by molar-refractivity contribution is 0.103. The molecule has 0 spiro atoms. The maximum absolute atomic E-state index is 12.0. The third-order valence-electron chi connectivity index (χ3n) is 2.41. The fourth-order valence-corrected chi connectivity index (χ4v) is 2.79. The summed E-state index contributed by atoms with van der Waals surface area (Å²) in [6, 6.07) is 4.32. The van der Waals surface area contributed by atoms with Crippen LogP contribution in [0.3, 0.4) is 0 Å². The molecular formula is C12H11Cl2N3O2S. The molecule has 0 atom stereocenters. The first kappa shape index (κ1) is 15.0. The highest BCUT2D eigenvalue weighted by Crippen LogP contribution is 2.31. The topological polar surface area (TPSA) is 64.0 Å². The molecule has 106 valence electrons. The third-order valence-corrected chi connectivity index (χ3v) is 4.28. The second-order valence-electron chi connectivity index (χ2n) is 3.97. The van der Waals surface area contributed by atoms with Gasteiger partial charge in [-0.15, -0.1) is 11.3 Å². The van der Waals surface area contributed by atoms with Gasteiger partial charge < -0.3 is 5.32 Å². The van der Waals surface area contributed by atoms with Crippen LogP contribution in [0.15, 0.2) is 23.0 Å². The average Bonchev–Trinajstić information content (AvgIpc) is 2.74. The molecule has 0 aliphatic heterocycles. The predicted octanol–water partition coefficient (Wildman–Crippen LogP) is 3.27. The zero-order chi connectivity index (χ0) is 14.7. The van der Waals surface area contributed by atoms with Crippen LogP contribution in [0.4, 0.5) is 5.82 Å². The van der Waals surface area contributed by atoms with Crippen molar-refractivity contribution >= 4 is 46.3 Å². The molecule has 2 rings (SSSR count). The van der Waals surface area contributed by atoms with Crippen molar-refractivity contribution in [2.45, 2.75) is 19.9 Å². The number of hydrogen-bond donors (Lipinski definition) is 1. The predicted molar refractivity (Wildman–Crippen MR) is 81.1 cm³/mol. The number of carbonyl (C=O) groups is 1. The zero-order valence-corrected chi connectivity index (χ0v) is 12.8. The molecule has 0 saturated carbocycles. The monoisotopic (exact) mass is 331 g/mol. The molecule has 2 aromatic rings. The van der Waals surface area contributed by atoms with E-state index in [1.165, 1.54) is 22.9 Å². The molecule has 0 aliphatic carbocycles. The molecule has 0 bridgehead atoms. The number of aromatic nitrogens is 2. The Labute approximate surface area is 129 Å². The Hall–Kier alpha value is -1.37. The lowest BCUT2D eigenvalue weighted by Crippen LogP contribution is -2.24. The molecule has 2 heterocycles. The minimum atomic E-state index is -0.363. The maximum Gasteiger partial charge on any atom is 0.267 e. The molecule has 1 N–H and O–H groups in total. The van der Waals surface area contributed by atoms with Crippen LogP contribution < -0.4 is 10.9 Å². The number of carbonyl (C=O) groups excluding carboxylic acids is 1. The van der Waals surface area contributed by atoms with Crippen molar-refractivity contribution in [1.29, 1.82) is 0 Å². The molecule has 8 heteroatoms. The van der Waals surface area contributed by atoms with Crippen LogP contribution in [-0.2, 0) is 6.54 Å². The number of amides is 1. The van der Waals surface area contributed by atoms with E-state index in [9.17, 15) is 9.59 Å². The Morgan fingerprint density at radius 1 is 1.45 bits per heavy atom. The minimum absolute atomic E-state index is 0.202. The number of hydrogen-bond acceptors (Lipinski definition) is 4. The van der Waals surface area contributed by atoms with Crippen molar-refractivity contribution in [1.82, 2.24) is 9.78 Å². The Morgan fingerprint density at radius 2 is 2.20 bits per heavy atom. The van der Waals surface area contributed by atoms with E-state index < -0.39 is 0 Å². The van der Waals surface area contributed by atoms with Gasteiger partial charge in [-0.1, -0.05) is 30.1 Å². The number of nitrogens with zero attached hydrogens (tertiary/aromatic N) is 2. The van der Waals surface area contributed by atoms with Gasteiger partial charge in [0.2, 0.25) is 0 Å². The molecule has 0 radical (unpaired) electrons. The number of rotatable bonds is 4. The van der Waals surface area contributed by atoms with Gasteiger partial charge >= 0.3 is 0 Å². The van der Waals surface area contributed by atoms with Crippen LogP contribution in [0.25, 0.3) is 0 Å². The van der Waals surface area contributed by atoms with Crippen molar-refractivity contribution in [3.63, 3.8) is 0 Å². The van der Waals surface area contributed by atoms with Crippen LogP contribution in [0.5, 0.6) is 0 Å². The quantitative estimate of drug-likeness (QED) is 0.934. The van der Waals surface area contributed by atoms with E-state index in [1.54, 1.807) is 0 Å². The second kappa shape index (κ2) is 6.39. The van der Waals surface area contributed by atoms with Gasteiger partial charge in [0.15, 0.2) is 5.82 Å². The summed E-state index contributed by atoms with van der Waals surface area (Å²) in [6.45, 7) is 2.44. The van der Waals surface area contributed by atoms with E-state index in [0.29, 0.717) is 26.6 Å². The second-order valence-corrected chi connectivity index (χ2v) is 6.03. The minimum Gasteiger partial charge on any atom is -0.304 e. The summed E-state index contributed by atoms with van der Waals surface area (Å²) >= 11 is 12.7. The Bertz CT molecular complexity index is 677. The summed E-state index contributed by atoms with van der Waals surface area (Å²) in [6.07, 6.45) is 0.778. The number of nitrogens with one attached hydrogen (secondary N) is 1. The Balaban J connectivity index is 2.19. The van der Waals surface area contributed by atoms with E-state index in [1.807, 2.05) is 6.92 Å². The molecule has 0 aliphatic rings. The molecule has 0 fully saturated rings. The average molecular weight is 332 g/mol. The summed E-state index contributed by atoms with van der Waals surface area (Å²) in [5.41, 5.74) is -0.202. The first-order chi connectivity index (χ1) is 9.51. The van der Waals surface area contributed by atoms with Gasteiger partial charge in [0.1, 0.15) is 4.34 Å². The van der Waals surface area contributed by atoms with Crippen LogP contribution in [0.1, 0.15) is 23.0 Å². The standard InChI is InChI=1S/C12H11Cl2N3O2S/c1-2-5-17-10(18)4-3-9(16-17)15-12(19)8-6-7(13)11(14)20-8/h3-4,6H,2,5H2,1H3,(H,15,16,19). The van der Waals surface area contributed by atoms with Crippen molar-refractivity contribution in [2.75, 3.05) is 5.32 Å². The zero-order valence-electron chi connectivity index (χ0n) is 10.5. The fourth-order valence-electron chi connectivity index (χ4n) is 1.52. The molecular weight excluding hydrogens is 321 g/mol. The third kappa shape index (κ3) is 3.39. The normalized spacial score (nSPS) is 10.6. The van der Waals surface area contributed by atoms with Gasteiger partial charge in [0, 0.05) is 12.6 Å². The van der Waals surface area contributed by atoms with Gasteiger partial charge in [0.25, 0.3) is 11.5 Å². The highest BCUT2D eigenvalue weighted by Gasteiger charge is 2.13. The van der Waals surface area contributed by atoms with Crippen molar-refractivity contribution in [3.8, 4) is 0 Å². The molecule has 1 amide bonds. The van der Waals surface area contributed by atoms with Crippen molar-refractivity contribution in [3.05, 3.63) is 42.8 Å². The van der Waals surface area contributed by atoms with E-state index >= 15 is 0 Å². The number of halogens is 2. The summed E-state index contributed by atoms with van der Waals surface area (Å²) in [7, 11) is 0. The van der Waals surface area contributed by atoms with Crippen LogP contribution in [-0.4, -0.2) is 15.7 Å². The van der Waals surface area contributed by atoms with Crippen LogP contribution in [0.2, 0.25) is 9.36 Å². The number of thiophene rings is 1. The highest BCUT2D eigenvalue weighted by molar-refractivity contribution is 7.18. The van der Waals surface area contributed by atoms with Gasteiger partial charge in [-0.3, -0.25) is 9.59 Å². The van der Waals surface area contributed by atoms with Gasteiger partial charge in [-0.2, -0.15) is 5.10 Å². The smallest absolute Gasteiger partial charge is 0.267 e. The lowest BCUT2D eigenvalue weighted by atomic mass is 10.4. The van der Waals surface area contributed by atoms with E-state index in [0.717, 1.165) is 17.8 Å². The Kier molecular flexibility index (Phi) is 4.80. The summed E-state index contributed by atoms with van der Waals surface area (Å²) in [5.74, 6) is -0.0540. The maximum atomic E-state index is 12.0. The van der Waals surface area contributed by atoms with Gasteiger partial charge in [-0.05, 0) is 18.6 Å². The van der Waals surface area contributed by atoms with Crippen LogP contribution >= 0.6 is 34.5 Å². The number of aryl methyl sites for hydroxylation is 1. The summed E-state index contributed by atoms with van der Waals surface area (Å²) < 4.78 is 1.67. The molecule has 20 heavy (non-hydrogen) atoms. The van der Waals surface area contributed by atoms with Gasteiger partial charge in [-0.25, -0.2) is 4.68 Å². The first-order valence-electron chi connectivity index (χ1n) is 5.85. The Morgan fingerprint density at radius 3 is 2.80 bits per heavy atom. The largest absolute Gasteiger partial charge is 0.304 e. The summed E-state index contributed by atoms with van der Waals surface area (Å²) in [5, 5.41) is 7.01. The van der Waals surface area contributed by atoms with E-state index in [2.05, 4.69) is 10.4 Å². The highest BCUT2D eigenvalue weighted by atomic mass is 35.5. The summed E-state index contributed by atoms with van der Waals surface area (Å²) in [4.78, 5) is 23.9.